The van der Waals surface area contributed by atoms with E-state index in [-0.39, 0.29) is 11.6 Å². The monoisotopic (exact) mass is 263 g/mol. The highest BCUT2D eigenvalue weighted by molar-refractivity contribution is 5.46. The number of hydrogen-bond acceptors (Lipinski definition) is 4. The van der Waals surface area contributed by atoms with Crippen LogP contribution in [0.1, 0.15) is 37.4 Å². The molecule has 0 spiro atoms. The Balaban J connectivity index is 2.46. The molecule has 1 aromatic rings. The number of benzene rings is 1. The Morgan fingerprint density at radius 1 is 1.47 bits per heavy atom. The van der Waals surface area contributed by atoms with Crippen LogP contribution in [0.25, 0.3) is 0 Å². The van der Waals surface area contributed by atoms with E-state index in [0.29, 0.717) is 0 Å². The molecular formula is C15H25N3O. The number of likely N-dealkylation sites (N-methyl/N-ethyl adjacent to an activating group) is 1. The number of nitrogens with one attached hydrogen (secondary N) is 1. The summed E-state index contributed by atoms with van der Waals surface area (Å²) in [4.78, 5) is 2.23. The SMILES string of the molecule is CCC(C)(C(NN)c1cccc2c1OCC2)N(C)C. The first-order chi connectivity index (χ1) is 9.04. The molecule has 4 nitrogen and oxygen atoms in total. The third kappa shape index (κ3) is 2.36. The Morgan fingerprint density at radius 2 is 2.21 bits per heavy atom. The Bertz CT molecular complexity index is 447. The second-order valence-corrected chi connectivity index (χ2v) is 5.64. The van der Waals surface area contributed by atoms with E-state index in [4.69, 9.17) is 10.6 Å². The third-order valence-electron chi connectivity index (χ3n) is 4.58. The standard InChI is InChI=1S/C15H25N3O/c1-5-15(2,18(3)4)14(17-16)12-8-6-7-11-9-10-19-13(11)12/h6-8,14,17H,5,9-10,16H2,1-4H3. The highest BCUT2D eigenvalue weighted by Crippen LogP contribution is 2.40. The van der Waals surface area contributed by atoms with Crippen molar-refractivity contribution in [2.45, 2.75) is 38.3 Å². The molecule has 0 fully saturated rings. The number of rotatable bonds is 5. The first-order valence-corrected chi connectivity index (χ1v) is 6.92. The van der Waals surface area contributed by atoms with Crippen LogP contribution in [0.4, 0.5) is 0 Å². The number of hydrazine groups is 1. The summed E-state index contributed by atoms with van der Waals surface area (Å²) in [5.41, 5.74) is 5.39. The van der Waals surface area contributed by atoms with Crippen molar-refractivity contribution in [1.29, 1.82) is 0 Å². The molecule has 2 rings (SSSR count). The number of fused-ring (bicyclic) bond motifs is 1. The van der Waals surface area contributed by atoms with Gasteiger partial charge in [0.15, 0.2) is 0 Å². The van der Waals surface area contributed by atoms with E-state index in [9.17, 15) is 0 Å². The van der Waals surface area contributed by atoms with E-state index >= 15 is 0 Å². The molecule has 1 aliphatic rings. The summed E-state index contributed by atoms with van der Waals surface area (Å²) < 4.78 is 5.82. The lowest BCUT2D eigenvalue weighted by Crippen LogP contribution is -2.53. The number of nitrogens with zero attached hydrogens (tertiary/aromatic N) is 1. The summed E-state index contributed by atoms with van der Waals surface area (Å²) in [5.74, 6) is 6.89. The van der Waals surface area contributed by atoms with Gasteiger partial charge < -0.3 is 9.64 Å². The summed E-state index contributed by atoms with van der Waals surface area (Å²) in [7, 11) is 4.19. The van der Waals surface area contributed by atoms with Crippen molar-refractivity contribution in [3.05, 3.63) is 29.3 Å². The van der Waals surface area contributed by atoms with Crippen LogP contribution in [0, 0.1) is 0 Å². The van der Waals surface area contributed by atoms with Crippen LogP contribution >= 0.6 is 0 Å². The van der Waals surface area contributed by atoms with Crippen LogP contribution in [0.15, 0.2) is 18.2 Å². The molecule has 19 heavy (non-hydrogen) atoms. The van der Waals surface area contributed by atoms with Crippen molar-refractivity contribution in [3.63, 3.8) is 0 Å². The molecule has 2 unspecified atom stereocenters. The summed E-state index contributed by atoms with van der Waals surface area (Å²) in [6.07, 6.45) is 1.99. The lowest BCUT2D eigenvalue weighted by Gasteiger charge is -2.42. The van der Waals surface area contributed by atoms with E-state index in [1.54, 1.807) is 0 Å². The van der Waals surface area contributed by atoms with E-state index < -0.39 is 0 Å². The molecule has 1 aliphatic heterocycles. The number of hydrogen-bond donors (Lipinski definition) is 2. The normalized spacial score (nSPS) is 18.8. The topological polar surface area (TPSA) is 50.5 Å². The van der Waals surface area contributed by atoms with Gasteiger partial charge in [-0.1, -0.05) is 25.1 Å². The van der Waals surface area contributed by atoms with Gasteiger partial charge in [-0.05, 0) is 33.0 Å². The molecule has 1 aromatic carbocycles. The highest BCUT2D eigenvalue weighted by atomic mass is 16.5. The van der Waals surface area contributed by atoms with Crippen molar-refractivity contribution in [2.24, 2.45) is 5.84 Å². The Hall–Kier alpha value is -1.10. The van der Waals surface area contributed by atoms with Crippen molar-refractivity contribution >= 4 is 0 Å². The summed E-state index contributed by atoms with van der Waals surface area (Å²) in [5, 5.41) is 0. The number of ether oxygens (including phenoxy) is 1. The zero-order valence-electron chi connectivity index (χ0n) is 12.4. The fourth-order valence-electron chi connectivity index (χ4n) is 2.85. The zero-order valence-corrected chi connectivity index (χ0v) is 12.4. The van der Waals surface area contributed by atoms with Gasteiger partial charge in [0.25, 0.3) is 0 Å². The van der Waals surface area contributed by atoms with Gasteiger partial charge in [0, 0.05) is 17.5 Å². The average Bonchev–Trinajstić information content (AvgIpc) is 2.88. The maximum atomic E-state index is 5.87. The molecule has 4 heteroatoms. The largest absolute Gasteiger partial charge is 0.493 e. The summed E-state index contributed by atoms with van der Waals surface area (Å²) >= 11 is 0. The van der Waals surface area contributed by atoms with E-state index in [1.807, 2.05) is 0 Å². The van der Waals surface area contributed by atoms with Gasteiger partial charge in [-0.25, -0.2) is 0 Å². The van der Waals surface area contributed by atoms with Crippen LogP contribution in [0.2, 0.25) is 0 Å². The molecule has 0 saturated heterocycles. The Morgan fingerprint density at radius 3 is 2.79 bits per heavy atom. The molecule has 0 aliphatic carbocycles. The fraction of sp³-hybridized carbons (Fsp3) is 0.600. The van der Waals surface area contributed by atoms with Crippen LogP contribution in [0.3, 0.4) is 0 Å². The molecule has 0 bridgehead atoms. The summed E-state index contributed by atoms with van der Waals surface area (Å²) in [6.45, 7) is 5.19. The first kappa shape index (κ1) is 14.3. The van der Waals surface area contributed by atoms with E-state index in [1.165, 1.54) is 5.56 Å². The highest BCUT2D eigenvalue weighted by Gasteiger charge is 2.37. The van der Waals surface area contributed by atoms with Crippen LogP contribution in [-0.2, 0) is 6.42 Å². The molecule has 0 saturated carbocycles. The molecule has 106 valence electrons. The molecule has 1 heterocycles. The summed E-state index contributed by atoms with van der Waals surface area (Å²) in [6, 6.07) is 6.39. The minimum atomic E-state index is -0.0597. The second-order valence-electron chi connectivity index (χ2n) is 5.64. The van der Waals surface area contributed by atoms with Gasteiger partial charge in [0.1, 0.15) is 5.75 Å². The predicted octanol–water partition coefficient (Wildman–Crippen LogP) is 1.86. The minimum Gasteiger partial charge on any atom is -0.493 e. The van der Waals surface area contributed by atoms with Gasteiger partial charge >= 0.3 is 0 Å². The van der Waals surface area contributed by atoms with Gasteiger partial charge in [-0.15, -0.1) is 0 Å². The van der Waals surface area contributed by atoms with Crippen molar-refractivity contribution in [3.8, 4) is 5.75 Å². The van der Waals surface area contributed by atoms with Crippen molar-refractivity contribution < 1.29 is 4.74 Å². The molecule has 3 N–H and O–H groups in total. The van der Waals surface area contributed by atoms with Gasteiger partial charge in [0.2, 0.25) is 0 Å². The van der Waals surface area contributed by atoms with Gasteiger partial charge in [-0.2, -0.15) is 0 Å². The smallest absolute Gasteiger partial charge is 0.127 e. The lowest BCUT2D eigenvalue weighted by molar-refractivity contribution is 0.111. The second kappa shape index (κ2) is 5.49. The van der Waals surface area contributed by atoms with E-state index in [0.717, 1.165) is 30.8 Å². The number of para-hydroxylation sites is 1. The van der Waals surface area contributed by atoms with Crippen LogP contribution in [-0.4, -0.2) is 31.1 Å². The predicted molar refractivity (Wildman–Crippen MR) is 78.1 cm³/mol. The number of nitrogens with two attached hydrogens (primary N) is 1. The Labute approximate surface area is 115 Å². The molecule has 0 aromatic heterocycles. The molecular weight excluding hydrogens is 238 g/mol. The van der Waals surface area contributed by atoms with Crippen LogP contribution in [0.5, 0.6) is 5.75 Å². The maximum Gasteiger partial charge on any atom is 0.127 e. The maximum absolute atomic E-state index is 5.87. The van der Waals surface area contributed by atoms with Gasteiger partial charge in [0.05, 0.1) is 12.6 Å². The fourth-order valence-corrected chi connectivity index (χ4v) is 2.85. The van der Waals surface area contributed by atoms with E-state index in [2.05, 4.69) is 56.5 Å². The van der Waals surface area contributed by atoms with Crippen molar-refractivity contribution in [2.75, 3.05) is 20.7 Å². The van der Waals surface area contributed by atoms with Crippen LogP contribution < -0.4 is 16.0 Å². The van der Waals surface area contributed by atoms with Crippen molar-refractivity contribution in [1.82, 2.24) is 10.3 Å². The lowest BCUT2D eigenvalue weighted by atomic mass is 9.83. The van der Waals surface area contributed by atoms with Gasteiger partial charge in [-0.3, -0.25) is 11.3 Å². The minimum absolute atomic E-state index is 0.0422. The molecule has 2 atom stereocenters. The molecule has 0 amide bonds. The Kier molecular flexibility index (Phi) is 4.13. The average molecular weight is 263 g/mol. The molecule has 0 radical (unpaired) electrons. The quantitative estimate of drug-likeness (QED) is 0.629. The third-order valence-corrected chi connectivity index (χ3v) is 4.58. The zero-order chi connectivity index (χ0) is 14.0. The first-order valence-electron chi connectivity index (χ1n) is 6.92.